The van der Waals surface area contributed by atoms with Gasteiger partial charge in [-0.05, 0) is 24.5 Å². The van der Waals surface area contributed by atoms with Crippen LogP contribution in [-0.4, -0.2) is 33.8 Å². The van der Waals surface area contributed by atoms with Gasteiger partial charge >= 0.3 is 0 Å². The summed E-state index contributed by atoms with van der Waals surface area (Å²) in [7, 11) is 0. The highest BCUT2D eigenvalue weighted by Crippen LogP contribution is 2.23. The topological polar surface area (TPSA) is 67.1 Å². The van der Waals surface area contributed by atoms with Gasteiger partial charge in [0.05, 0.1) is 0 Å². The molecule has 0 atom stereocenters. The van der Waals surface area contributed by atoms with Crippen molar-refractivity contribution in [3.63, 3.8) is 0 Å². The Morgan fingerprint density at radius 1 is 1.00 bits per heavy atom. The molecule has 1 aliphatic rings. The van der Waals surface area contributed by atoms with Crippen molar-refractivity contribution < 1.29 is 0 Å². The van der Waals surface area contributed by atoms with E-state index in [0.29, 0.717) is 6.54 Å². The van der Waals surface area contributed by atoms with Crippen LogP contribution in [-0.2, 0) is 19.5 Å². The Labute approximate surface area is 195 Å². The number of hydrogen-bond donors (Lipinski definition) is 2. The summed E-state index contributed by atoms with van der Waals surface area (Å²) >= 11 is 0. The largest absolute Gasteiger partial charge is 0.357 e. The highest BCUT2D eigenvalue weighted by atomic mass is 127. The van der Waals surface area contributed by atoms with E-state index in [9.17, 15) is 0 Å². The second-order valence-electron chi connectivity index (χ2n) is 7.24. The Balaban J connectivity index is 0.00000256. The Hall–Kier alpha value is -2.42. The van der Waals surface area contributed by atoms with Gasteiger partial charge in [-0.25, -0.2) is 4.99 Å². The summed E-state index contributed by atoms with van der Waals surface area (Å²) in [5.74, 6) is 3.08. The average Bonchev–Trinajstić information content (AvgIpc) is 3.38. The van der Waals surface area contributed by atoms with Crippen LogP contribution in [0.3, 0.4) is 0 Å². The third kappa shape index (κ3) is 5.38. The Bertz CT molecular complexity index is 899. The van der Waals surface area contributed by atoms with Crippen molar-refractivity contribution in [2.45, 2.75) is 38.8 Å². The summed E-state index contributed by atoms with van der Waals surface area (Å²) in [6.07, 6.45) is 2.17. The van der Waals surface area contributed by atoms with E-state index >= 15 is 0 Å². The van der Waals surface area contributed by atoms with Crippen LogP contribution in [0, 0.1) is 0 Å². The molecular formula is C23H29IN6. The number of fused-ring (bicyclic) bond motifs is 1. The van der Waals surface area contributed by atoms with Crippen molar-refractivity contribution in [1.82, 2.24) is 25.4 Å². The molecule has 0 aliphatic carbocycles. The van der Waals surface area contributed by atoms with Crippen molar-refractivity contribution in [3.05, 3.63) is 83.4 Å². The summed E-state index contributed by atoms with van der Waals surface area (Å²) in [4.78, 5) is 4.76. The van der Waals surface area contributed by atoms with Crippen LogP contribution in [0.1, 0.15) is 42.0 Å². The number of nitrogens with one attached hydrogen (secondary N) is 2. The molecule has 0 saturated heterocycles. The molecular weight excluding hydrogens is 487 g/mol. The SMILES string of the molecule is CCNC(=NCc1nnc2n1CCC2)NCC(c1ccccc1)c1ccccc1.I. The van der Waals surface area contributed by atoms with E-state index in [1.54, 1.807) is 0 Å². The zero-order valence-corrected chi connectivity index (χ0v) is 19.6. The van der Waals surface area contributed by atoms with Gasteiger partial charge in [0, 0.05) is 32.0 Å². The number of aromatic nitrogens is 3. The van der Waals surface area contributed by atoms with Gasteiger partial charge in [-0.15, -0.1) is 34.2 Å². The van der Waals surface area contributed by atoms with Gasteiger partial charge in [0.15, 0.2) is 11.8 Å². The van der Waals surface area contributed by atoms with E-state index in [2.05, 4.69) is 93.0 Å². The van der Waals surface area contributed by atoms with Gasteiger partial charge in [-0.1, -0.05) is 60.7 Å². The first-order chi connectivity index (χ1) is 14.3. The minimum absolute atomic E-state index is 0. The second-order valence-corrected chi connectivity index (χ2v) is 7.24. The first-order valence-electron chi connectivity index (χ1n) is 10.4. The van der Waals surface area contributed by atoms with E-state index in [1.165, 1.54) is 11.1 Å². The molecule has 2 N–H and O–H groups in total. The van der Waals surface area contributed by atoms with Crippen LogP contribution < -0.4 is 10.6 Å². The van der Waals surface area contributed by atoms with Gasteiger partial charge in [-0.2, -0.15) is 0 Å². The fourth-order valence-electron chi connectivity index (χ4n) is 3.82. The molecule has 0 saturated carbocycles. The number of benzene rings is 2. The Morgan fingerprint density at radius 2 is 1.67 bits per heavy atom. The van der Waals surface area contributed by atoms with Gasteiger partial charge in [-0.3, -0.25) is 0 Å². The summed E-state index contributed by atoms with van der Waals surface area (Å²) in [5, 5.41) is 15.5. The highest BCUT2D eigenvalue weighted by Gasteiger charge is 2.17. The number of hydrogen-bond acceptors (Lipinski definition) is 3. The van der Waals surface area contributed by atoms with Gasteiger partial charge in [0.1, 0.15) is 12.4 Å². The van der Waals surface area contributed by atoms with Crippen molar-refractivity contribution >= 4 is 29.9 Å². The third-order valence-electron chi connectivity index (χ3n) is 5.29. The molecule has 0 bridgehead atoms. The summed E-state index contributed by atoms with van der Waals surface area (Å²) in [5.41, 5.74) is 2.58. The quantitative estimate of drug-likeness (QED) is 0.286. The first kappa shape index (κ1) is 22.3. The molecule has 1 aliphatic heterocycles. The summed E-state index contributed by atoms with van der Waals surface area (Å²) in [6, 6.07) is 21.2. The predicted molar refractivity (Wildman–Crippen MR) is 131 cm³/mol. The Kier molecular flexibility index (Phi) is 8.24. The van der Waals surface area contributed by atoms with Gasteiger partial charge in [0.2, 0.25) is 0 Å². The van der Waals surface area contributed by atoms with Crippen molar-refractivity contribution in [1.29, 1.82) is 0 Å². The number of nitrogens with zero attached hydrogens (tertiary/aromatic N) is 4. The monoisotopic (exact) mass is 516 g/mol. The highest BCUT2D eigenvalue weighted by molar-refractivity contribution is 14.0. The maximum absolute atomic E-state index is 4.76. The molecule has 158 valence electrons. The third-order valence-corrected chi connectivity index (χ3v) is 5.29. The molecule has 4 rings (SSSR count). The van der Waals surface area contributed by atoms with Crippen molar-refractivity contribution in [2.75, 3.05) is 13.1 Å². The number of halogens is 1. The van der Waals surface area contributed by atoms with E-state index < -0.39 is 0 Å². The molecule has 0 radical (unpaired) electrons. The fourth-order valence-corrected chi connectivity index (χ4v) is 3.82. The molecule has 0 unspecified atom stereocenters. The van der Waals surface area contributed by atoms with Crippen molar-refractivity contribution in [2.24, 2.45) is 4.99 Å². The number of aryl methyl sites for hydroxylation is 1. The zero-order chi connectivity index (χ0) is 19.9. The zero-order valence-electron chi connectivity index (χ0n) is 17.3. The lowest BCUT2D eigenvalue weighted by molar-refractivity contribution is 0.681. The van der Waals surface area contributed by atoms with Crippen LogP contribution in [0.4, 0.5) is 0 Å². The number of rotatable bonds is 7. The van der Waals surface area contributed by atoms with Gasteiger partial charge < -0.3 is 15.2 Å². The molecule has 1 aromatic heterocycles. The molecule has 7 heteroatoms. The first-order valence-corrected chi connectivity index (χ1v) is 10.4. The van der Waals surface area contributed by atoms with Crippen LogP contribution in [0.2, 0.25) is 0 Å². The summed E-state index contributed by atoms with van der Waals surface area (Å²) < 4.78 is 2.20. The average molecular weight is 516 g/mol. The Morgan fingerprint density at radius 3 is 2.30 bits per heavy atom. The van der Waals surface area contributed by atoms with Crippen LogP contribution >= 0.6 is 24.0 Å². The lowest BCUT2D eigenvalue weighted by Crippen LogP contribution is -2.39. The normalized spacial score (nSPS) is 13.1. The number of aliphatic imine (C=N–C) groups is 1. The smallest absolute Gasteiger partial charge is 0.191 e. The molecule has 6 nitrogen and oxygen atoms in total. The lowest BCUT2D eigenvalue weighted by atomic mass is 9.91. The molecule has 0 fully saturated rings. The molecule has 0 spiro atoms. The van der Waals surface area contributed by atoms with Gasteiger partial charge in [0.25, 0.3) is 0 Å². The van der Waals surface area contributed by atoms with Crippen LogP contribution in [0.5, 0.6) is 0 Å². The maximum atomic E-state index is 4.76. The second kappa shape index (κ2) is 11.1. The molecule has 0 amide bonds. The van der Waals surface area contributed by atoms with E-state index in [-0.39, 0.29) is 29.9 Å². The summed E-state index contributed by atoms with van der Waals surface area (Å²) in [6.45, 7) is 5.19. The minimum atomic E-state index is 0. The number of guanidine groups is 1. The lowest BCUT2D eigenvalue weighted by Gasteiger charge is -2.20. The minimum Gasteiger partial charge on any atom is -0.357 e. The fraction of sp³-hybridized carbons (Fsp3) is 0.348. The molecule has 30 heavy (non-hydrogen) atoms. The van der Waals surface area contributed by atoms with E-state index in [1.807, 2.05) is 0 Å². The van der Waals surface area contributed by atoms with Crippen LogP contribution in [0.15, 0.2) is 65.7 Å². The van der Waals surface area contributed by atoms with Crippen molar-refractivity contribution in [3.8, 4) is 0 Å². The van der Waals surface area contributed by atoms with E-state index in [4.69, 9.17) is 4.99 Å². The maximum Gasteiger partial charge on any atom is 0.191 e. The van der Waals surface area contributed by atoms with E-state index in [0.717, 1.165) is 50.1 Å². The standard InChI is InChI=1S/C23H28N6.HI/c1-2-24-23(26-17-22-28-27-21-14-9-15-29(21)22)25-16-20(18-10-5-3-6-11-18)19-12-7-4-8-13-19;/h3-8,10-13,20H,2,9,14-17H2,1H3,(H2,24,25,26);1H. The predicted octanol–water partition coefficient (Wildman–Crippen LogP) is 3.73. The molecule has 2 heterocycles. The van der Waals surface area contributed by atoms with Crippen LogP contribution in [0.25, 0.3) is 0 Å². The molecule has 3 aromatic rings. The molecule has 2 aromatic carbocycles.